The highest BCUT2D eigenvalue weighted by molar-refractivity contribution is 7.55. The number of rotatable bonds is 4. The highest BCUT2D eigenvalue weighted by Gasteiger charge is 2.09. The van der Waals surface area contributed by atoms with Gasteiger partial charge in [-0.3, -0.25) is 0 Å². The highest BCUT2D eigenvalue weighted by Crippen LogP contribution is 2.30. The van der Waals surface area contributed by atoms with Gasteiger partial charge in [0.1, 0.15) is 0 Å². The van der Waals surface area contributed by atoms with Crippen LogP contribution in [0.5, 0.6) is 0 Å². The first kappa shape index (κ1) is 11.6. The van der Waals surface area contributed by atoms with E-state index in [1.807, 2.05) is 25.1 Å². The van der Waals surface area contributed by atoms with Crippen LogP contribution >= 0.6 is 8.38 Å². The summed E-state index contributed by atoms with van der Waals surface area (Å²) in [7, 11) is -1.42. The van der Waals surface area contributed by atoms with Crippen molar-refractivity contribution in [3.05, 3.63) is 29.8 Å². The van der Waals surface area contributed by atoms with Gasteiger partial charge in [0.25, 0.3) is 0 Å². The molecule has 1 rings (SSSR count). The average Bonchev–Trinajstić information content (AvgIpc) is 2.18. The van der Waals surface area contributed by atoms with Crippen LogP contribution in [0.2, 0.25) is 0 Å². The van der Waals surface area contributed by atoms with Gasteiger partial charge in [-0.2, -0.15) is 0 Å². The minimum Gasteiger partial charge on any atom is -0.346 e. The molecular formula is C11H17O2P. The molecule has 0 spiro atoms. The van der Waals surface area contributed by atoms with E-state index in [0.29, 0.717) is 12.5 Å². The molecule has 1 atom stereocenters. The lowest BCUT2D eigenvalue weighted by molar-refractivity contribution is 0.337. The van der Waals surface area contributed by atoms with E-state index in [4.69, 9.17) is 4.52 Å². The molecule has 1 unspecified atom stereocenters. The van der Waals surface area contributed by atoms with Crippen molar-refractivity contribution < 1.29 is 9.42 Å². The van der Waals surface area contributed by atoms with E-state index in [9.17, 15) is 4.89 Å². The van der Waals surface area contributed by atoms with Crippen molar-refractivity contribution in [2.75, 3.05) is 6.61 Å². The Morgan fingerprint density at radius 1 is 1.43 bits per heavy atom. The second-order valence-electron chi connectivity index (χ2n) is 3.44. The van der Waals surface area contributed by atoms with Crippen LogP contribution in [0.25, 0.3) is 0 Å². The molecule has 0 fully saturated rings. The van der Waals surface area contributed by atoms with Crippen LogP contribution in [0.4, 0.5) is 0 Å². The van der Waals surface area contributed by atoms with E-state index in [1.54, 1.807) is 0 Å². The third-order valence-electron chi connectivity index (χ3n) is 2.01. The molecule has 78 valence electrons. The van der Waals surface area contributed by atoms with Crippen LogP contribution < -0.4 is 5.30 Å². The minimum absolute atomic E-state index is 0.486. The third kappa shape index (κ3) is 3.06. The van der Waals surface area contributed by atoms with Gasteiger partial charge in [-0.05, 0) is 30.5 Å². The van der Waals surface area contributed by atoms with Gasteiger partial charge in [-0.1, -0.05) is 26.0 Å². The van der Waals surface area contributed by atoms with Gasteiger partial charge in [0.15, 0.2) is 0 Å². The Kier molecular flexibility index (Phi) is 4.53. The van der Waals surface area contributed by atoms with Crippen molar-refractivity contribution in [1.29, 1.82) is 0 Å². The van der Waals surface area contributed by atoms with Crippen molar-refractivity contribution in [3.8, 4) is 0 Å². The van der Waals surface area contributed by atoms with Crippen molar-refractivity contribution in [1.82, 2.24) is 0 Å². The summed E-state index contributed by atoms with van der Waals surface area (Å²) in [6.07, 6.45) is 0. The molecule has 0 radical (unpaired) electrons. The first-order chi connectivity index (χ1) is 6.65. The summed E-state index contributed by atoms with van der Waals surface area (Å²) in [6.45, 7) is 6.71. The Hall–Kier alpha value is -0.430. The Morgan fingerprint density at radius 3 is 2.71 bits per heavy atom. The lowest BCUT2D eigenvalue weighted by Gasteiger charge is -2.12. The first-order valence-electron chi connectivity index (χ1n) is 4.87. The summed E-state index contributed by atoms with van der Waals surface area (Å²) in [6, 6.07) is 7.97. The molecule has 0 aliphatic heterocycles. The normalized spacial score (nSPS) is 13.2. The zero-order chi connectivity index (χ0) is 10.6. The molecule has 0 aromatic heterocycles. The SMILES string of the molecule is CCOP(O)c1cccc(C(C)C)c1. The molecule has 1 aromatic rings. The van der Waals surface area contributed by atoms with Gasteiger partial charge in [-0.15, -0.1) is 0 Å². The molecule has 3 heteroatoms. The first-order valence-corrected chi connectivity index (χ1v) is 6.08. The maximum Gasteiger partial charge on any atom is 0.202 e. The zero-order valence-corrected chi connectivity index (χ0v) is 9.79. The summed E-state index contributed by atoms with van der Waals surface area (Å²) in [5, 5.41) is 0.896. The number of benzene rings is 1. The summed E-state index contributed by atoms with van der Waals surface area (Å²) in [4.78, 5) is 9.67. The lowest BCUT2D eigenvalue weighted by atomic mass is 10.0. The average molecular weight is 212 g/mol. The van der Waals surface area contributed by atoms with E-state index in [0.717, 1.165) is 5.30 Å². The molecule has 14 heavy (non-hydrogen) atoms. The molecule has 2 nitrogen and oxygen atoms in total. The van der Waals surface area contributed by atoms with Gasteiger partial charge in [-0.25, -0.2) is 0 Å². The quantitative estimate of drug-likeness (QED) is 0.777. The molecule has 0 aliphatic carbocycles. The van der Waals surface area contributed by atoms with E-state index >= 15 is 0 Å². The Labute approximate surface area is 86.8 Å². The smallest absolute Gasteiger partial charge is 0.202 e. The van der Waals surface area contributed by atoms with Crippen molar-refractivity contribution in [2.24, 2.45) is 0 Å². The number of hydrogen-bond acceptors (Lipinski definition) is 2. The fourth-order valence-electron chi connectivity index (χ4n) is 1.20. The van der Waals surface area contributed by atoms with Crippen LogP contribution in [0.1, 0.15) is 32.3 Å². The van der Waals surface area contributed by atoms with Crippen LogP contribution in [-0.2, 0) is 4.52 Å². The molecular weight excluding hydrogens is 195 g/mol. The molecule has 0 amide bonds. The van der Waals surface area contributed by atoms with Crippen LogP contribution in [0, 0.1) is 0 Å². The monoisotopic (exact) mass is 212 g/mol. The van der Waals surface area contributed by atoms with Crippen molar-refractivity contribution in [3.63, 3.8) is 0 Å². The Bertz CT molecular complexity index is 286. The molecule has 1 N–H and O–H groups in total. The molecule has 0 bridgehead atoms. The molecule has 0 saturated heterocycles. The van der Waals surface area contributed by atoms with Crippen LogP contribution in [0.3, 0.4) is 0 Å². The van der Waals surface area contributed by atoms with E-state index in [-0.39, 0.29) is 0 Å². The van der Waals surface area contributed by atoms with Gasteiger partial charge in [0.05, 0.1) is 6.61 Å². The summed E-state index contributed by atoms with van der Waals surface area (Å²) < 4.78 is 5.18. The Balaban J connectivity index is 2.82. The highest BCUT2D eigenvalue weighted by atomic mass is 31.2. The zero-order valence-electron chi connectivity index (χ0n) is 8.90. The van der Waals surface area contributed by atoms with Crippen molar-refractivity contribution in [2.45, 2.75) is 26.7 Å². The Morgan fingerprint density at radius 2 is 2.14 bits per heavy atom. The molecule has 0 saturated carbocycles. The van der Waals surface area contributed by atoms with Gasteiger partial charge >= 0.3 is 0 Å². The summed E-state index contributed by atoms with van der Waals surface area (Å²) >= 11 is 0. The summed E-state index contributed by atoms with van der Waals surface area (Å²) in [5.41, 5.74) is 1.24. The minimum atomic E-state index is -1.42. The lowest BCUT2D eigenvalue weighted by Crippen LogP contribution is -2.04. The van der Waals surface area contributed by atoms with Gasteiger partial charge < -0.3 is 9.42 Å². The molecule has 1 aromatic carbocycles. The topological polar surface area (TPSA) is 29.5 Å². The van der Waals surface area contributed by atoms with E-state index < -0.39 is 8.38 Å². The van der Waals surface area contributed by atoms with Gasteiger partial charge in [0.2, 0.25) is 8.38 Å². The molecule has 0 aliphatic rings. The number of hydrogen-bond donors (Lipinski definition) is 1. The second-order valence-corrected chi connectivity index (χ2v) is 4.76. The maximum atomic E-state index is 9.67. The standard InChI is InChI=1S/C11H17O2P/c1-4-13-14(12)11-7-5-6-10(8-11)9(2)3/h5-9,12H,4H2,1-3H3. The van der Waals surface area contributed by atoms with Crippen LogP contribution in [-0.4, -0.2) is 11.5 Å². The van der Waals surface area contributed by atoms with Crippen LogP contribution in [0.15, 0.2) is 24.3 Å². The van der Waals surface area contributed by atoms with Gasteiger partial charge in [0, 0.05) is 5.30 Å². The van der Waals surface area contributed by atoms with E-state index in [2.05, 4.69) is 19.9 Å². The largest absolute Gasteiger partial charge is 0.346 e. The predicted molar refractivity (Wildman–Crippen MR) is 60.9 cm³/mol. The third-order valence-corrected chi connectivity index (χ3v) is 3.23. The van der Waals surface area contributed by atoms with Crippen molar-refractivity contribution >= 4 is 13.7 Å². The summed E-state index contributed by atoms with van der Waals surface area (Å²) in [5.74, 6) is 0.486. The fourth-order valence-corrected chi connectivity index (χ4v) is 2.07. The second kappa shape index (κ2) is 5.45. The van der Waals surface area contributed by atoms with E-state index in [1.165, 1.54) is 5.56 Å². The predicted octanol–water partition coefficient (Wildman–Crippen LogP) is 2.78. The maximum absolute atomic E-state index is 9.67. The fraction of sp³-hybridized carbons (Fsp3) is 0.455. The molecule has 0 heterocycles.